The number of aromatic nitrogens is 6. The van der Waals surface area contributed by atoms with Gasteiger partial charge in [0.25, 0.3) is 5.91 Å². The molecule has 0 atom stereocenters. The number of hydrogen-bond donors (Lipinski definition) is 6. The van der Waals surface area contributed by atoms with Gasteiger partial charge in [0.2, 0.25) is 17.8 Å². The maximum Gasteiger partial charge on any atom is 0.276 e. The van der Waals surface area contributed by atoms with Gasteiger partial charge < -0.3 is 34.8 Å². The molecule has 0 bridgehead atoms. The van der Waals surface area contributed by atoms with Crippen LogP contribution in [-0.4, -0.2) is 73.2 Å². The van der Waals surface area contributed by atoms with Gasteiger partial charge in [-0.3, -0.25) is 30.9 Å². The summed E-state index contributed by atoms with van der Waals surface area (Å²) >= 11 is 0. The van der Waals surface area contributed by atoms with Crippen LogP contribution in [0.25, 0.3) is 22.1 Å². The molecule has 0 saturated carbocycles. The molecule has 0 aliphatic heterocycles. The Bertz CT molecular complexity index is 1970. The molecule has 2 aromatic carbocycles. The summed E-state index contributed by atoms with van der Waals surface area (Å²) in [4.78, 5) is 34.9. The van der Waals surface area contributed by atoms with Gasteiger partial charge in [-0.1, -0.05) is 12.2 Å². The number of fused-ring (bicyclic) bond motifs is 2. The van der Waals surface area contributed by atoms with Gasteiger partial charge in [-0.05, 0) is 49.7 Å². The minimum Gasteiger partial charge on any atom is -0.494 e. The van der Waals surface area contributed by atoms with Crippen molar-refractivity contribution in [3.8, 4) is 11.5 Å². The standard InChI is InChI=1S/C32H41N11O5/c1-5-43-24(13-19(2)40-43)30(46)39-32-38-23-16-21(29(33)45)17-25(47-4)27(23)42(32)10-7-6-9-41-28-22(37-31(41)35-3)14-20(18-36-34)15-26(28)48-12-8-11-44/h6-7,13-17,36,44H,5,8-12,18,34H2,1-4H3,(H2,33,45)(H,35,37)(H,38,39,46)/b7-6+. The first-order valence-corrected chi connectivity index (χ1v) is 15.5. The predicted molar refractivity (Wildman–Crippen MR) is 182 cm³/mol. The highest BCUT2D eigenvalue weighted by Gasteiger charge is 2.21. The van der Waals surface area contributed by atoms with Crippen LogP contribution in [0.15, 0.2) is 42.5 Å². The van der Waals surface area contributed by atoms with Gasteiger partial charge in [-0.2, -0.15) is 5.10 Å². The van der Waals surface area contributed by atoms with Gasteiger partial charge in [-0.15, -0.1) is 0 Å². The molecule has 48 heavy (non-hydrogen) atoms. The third kappa shape index (κ3) is 6.95. The van der Waals surface area contributed by atoms with Gasteiger partial charge >= 0.3 is 0 Å². The number of aryl methyl sites for hydroxylation is 2. The molecule has 3 aromatic heterocycles. The van der Waals surface area contributed by atoms with E-state index in [0.717, 1.165) is 16.6 Å². The fourth-order valence-corrected chi connectivity index (χ4v) is 5.53. The highest BCUT2D eigenvalue weighted by molar-refractivity contribution is 6.04. The van der Waals surface area contributed by atoms with E-state index in [4.69, 9.17) is 26.0 Å². The molecule has 2 amide bonds. The molecule has 0 fully saturated rings. The van der Waals surface area contributed by atoms with E-state index in [9.17, 15) is 14.7 Å². The summed E-state index contributed by atoms with van der Waals surface area (Å²) in [6.07, 6.45) is 4.38. The average Bonchev–Trinajstić information content (AvgIpc) is 3.74. The lowest BCUT2D eigenvalue weighted by Crippen LogP contribution is -2.20. The molecule has 0 aliphatic rings. The number of nitrogens with zero attached hydrogens (tertiary/aromatic N) is 6. The number of aliphatic hydroxyl groups is 1. The summed E-state index contributed by atoms with van der Waals surface area (Å²) in [5, 5.41) is 19.8. The van der Waals surface area contributed by atoms with Crippen LogP contribution in [0, 0.1) is 6.92 Å². The van der Waals surface area contributed by atoms with Gasteiger partial charge in [0.15, 0.2) is 0 Å². The van der Waals surface area contributed by atoms with E-state index < -0.39 is 5.91 Å². The molecule has 0 aliphatic carbocycles. The molecule has 0 radical (unpaired) electrons. The van der Waals surface area contributed by atoms with Crippen molar-refractivity contribution in [3.05, 3.63) is 65.0 Å². The first-order valence-electron chi connectivity index (χ1n) is 15.5. The highest BCUT2D eigenvalue weighted by atomic mass is 16.5. The molecule has 0 unspecified atom stereocenters. The Morgan fingerprint density at radius 1 is 1.00 bits per heavy atom. The van der Waals surface area contributed by atoms with Crippen molar-refractivity contribution < 1.29 is 24.2 Å². The SMILES string of the molecule is CCn1nc(C)cc1C(=O)Nc1nc2cc(C(N)=O)cc(OC)c2n1C/C=C/Cn1c(NC)nc2cc(CNN)cc(OCCCO)c21. The zero-order valence-corrected chi connectivity index (χ0v) is 27.4. The number of imidazole rings is 2. The minimum absolute atomic E-state index is 0.0127. The number of nitrogens with one attached hydrogen (secondary N) is 3. The smallest absolute Gasteiger partial charge is 0.276 e. The largest absolute Gasteiger partial charge is 0.494 e. The van der Waals surface area contributed by atoms with Crippen LogP contribution in [0.2, 0.25) is 0 Å². The summed E-state index contributed by atoms with van der Waals surface area (Å²) in [6.45, 7) is 5.73. The fraction of sp³-hybridized carbons (Fsp3) is 0.344. The van der Waals surface area contributed by atoms with Crippen LogP contribution in [0.1, 0.15) is 45.4 Å². The zero-order valence-electron chi connectivity index (χ0n) is 27.4. The van der Waals surface area contributed by atoms with E-state index >= 15 is 0 Å². The topological polar surface area (TPSA) is 214 Å². The number of ether oxygens (including phenoxy) is 2. The van der Waals surface area contributed by atoms with Crippen molar-refractivity contribution in [2.24, 2.45) is 11.6 Å². The van der Waals surface area contributed by atoms with Crippen molar-refractivity contribution in [2.45, 2.75) is 46.4 Å². The Morgan fingerprint density at radius 3 is 2.33 bits per heavy atom. The summed E-state index contributed by atoms with van der Waals surface area (Å²) in [7, 11) is 3.29. The second kappa shape index (κ2) is 15.0. The second-order valence-electron chi connectivity index (χ2n) is 10.9. The molecular weight excluding hydrogens is 618 g/mol. The molecular formula is C32H41N11O5. The molecule has 16 nitrogen and oxygen atoms in total. The van der Waals surface area contributed by atoms with Crippen molar-refractivity contribution >= 4 is 45.8 Å². The molecule has 0 spiro atoms. The molecule has 8 N–H and O–H groups in total. The zero-order chi connectivity index (χ0) is 34.4. The Kier molecular flexibility index (Phi) is 10.6. The predicted octanol–water partition coefficient (Wildman–Crippen LogP) is 2.29. The summed E-state index contributed by atoms with van der Waals surface area (Å²) in [5.41, 5.74) is 13.0. The number of anilines is 2. The van der Waals surface area contributed by atoms with Crippen molar-refractivity contribution in [1.29, 1.82) is 0 Å². The van der Waals surface area contributed by atoms with Crippen molar-refractivity contribution in [2.75, 3.05) is 38.0 Å². The summed E-state index contributed by atoms with van der Waals surface area (Å²) < 4.78 is 17.1. The summed E-state index contributed by atoms with van der Waals surface area (Å²) in [6, 6.07) is 8.69. The summed E-state index contributed by atoms with van der Waals surface area (Å²) in [5.74, 6) is 6.45. The van der Waals surface area contributed by atoms with Crippen molar-refractivity contribution in [1.82, 2.24) is 34.3 Å². The number of amides is 2. The lowest BCUT2D eigenvalue weighted by atomic mass is 10.1. The number of rotatable bonds is 16. The third-order valence-corrected chi connectivity index (χ3v) is 7.67. The molecule has 3 heterocycles. The normalized spacial score (nSPS) is 11.5. The molecule has 5 aromatic rings. The van der Waals surface area contributed by atoms with Crippen LogP contribution in [0.4, 0.5) is 11.9 Å². The lowest BCUT2D eigenvalue weighted by molar-refractivity contribution is 0.0995. The third-order valence-electron chi connectivity index (χ3n) is 7.67. The first kappa shape index (κ1) is 33.9. The number of aliphatic hydroxyl groups excluding tert-OH is 1. The second-order valence-corrected chi connectivity index (χ2v) is 10.9. The maximum absolute atomic E-state index is 13.4. The van der Waals surface area contributed by atoms with E-state index in [1.807, 2.05) is 42.7 Å². The van der Waals surface area contributed by atoms with Crippen LogP contribution < -0.4 is 37.1 Å². The van der Waals surface area contributed by atoms with E-state index in [1.165, 1.54) is 7.11 Å². The van der Waals surface area contributed by atoms with Crippen molar-refractivity contribution in [3.63, 3.8) is 0 Å². The average molecular weight is 660 g/mol. The number of carbonyl (C=O) groups excluding carboxylic acids is 2. The van der Waals surface area contributed by atoms with Crippen LogP contribution in [-0.2, 0) is 26.2 Å². The van der Waals surface area contributed by atoms with Crippen LogP contribution >= 0.6 is 0 Å². The number of hydrogen-bond acceptors (Lipinski definition) is 11. The van der Waals surface area contributed by atoms with Gasteiger partial charge in [0, 0.05) is 51.8 Å². The minimum atomic E-state index is -0.628. The van der Waals surface area contributed by atoms with Gasteiger partial charge in [0.1, 0.15) is 28.2 Å². The van der Waals surface area contributed by atoms with Crippen LogP contribution in [0.5, 0.6) is 11.5 Å². The molecule has 5 rings (SSSR count). The number of carbonyl (C=O) groups is 2. The van der Waals surface area contributed by atoms with E-state index in [-0.39, 0.29) is 30.6 Å². The van der Waals surface area contributed by atoms with Gasteiger partial charge in [0.05, 0.1) is 30.4 Å². The number of nitrogens with two attached hydrogens (primary N) is 2. The number of hydrazine groups is 1. The first-order chi connectivity index (χ1) is 23.2. The number of methoxy groups -OCH3 is 1. The quantitative estimate of drug-likeness (QED) is 0.0391. The van der Waals surface area contributed by atoms with Crippen LogP contribution in [0.3, 0.4) is 0 Å². The van der Waals surface area contributed by atoms with Gasteiger partial charge in [-0.25, -0.2) is 9.97 Å². The molecule has 16 heteroatoms. The Balaban J connectivity index is 1.51. The maximum atomic E-state index is 13.4. The number of benzene rings is 2. The Morgan fingerprint density at radius 2 is 1.69 bits per heavy atom. The molecule has 0 saturated heterocycles. The van der Waals surface area contributed by atoms with E-state index in [0.29, 0.717) is 72.5 Å². The van der Waals surface area contributed by atoms with E-state index in [1.54, 1.807) is 34.5 Å². The molecule has 254 valence electrons. The Labute approximate surface area is 276 Å². The highest BCUT2D eigenvalue weighted by Crippen LogP contribution is 2.32. The van der Waals surface area contributed by atoms with E-state index in [2.05, 4.69) is 26.1 Å². The monoisotopic (exact) mass is 659 g/mol. The Hall–Kier alpha value is -5.45. The number of primary amides is 1. The number of allylic oxidation sites excluding steroid dienone is 2. The lowest BCUT2D eigenvalue weighted by Gasteiger charge is -2.13. The fourth-order valence-electron chi connectivity index (χ4n) is 5.53.